The lowest BCUT2D eigenvalue weighted by Crippen LogP contribution is -2.47. The van der Waals surface area contributed by atoms with Crippen molar-refractivity contribution in [3.05, 3.63) is 126 Å². The van der Waals surface area contributed by atoms with E-state index in [0.29, 0.717) is 17.8 Å². The molecule has 0 spiro atoms. The van der Waals surface area contributed by atoms with Gasteiger partial charge in [-0.25, -0.2) is 27.6 Å². The quantitative estimate of drug-likeness (QED) is 0.0466. The van der Waals surface area contributed by atoms with E-state index in [2.05, 4.69) is 35.4 Å². The molecule has 0 aliphatic rings. The number of ether oxygens (including phenoxy) is 1. The molecule has 5 rings (SSSR count). The number of carbonyl (C=O) groups is 2. The monoisotopic (exact) mass is 888 g/mol. The SMILES string of the molecule is [C-]#[N+]c1cccc(-c2csc([C@](C)(CC(=O)CC(=O)OCC)NS(=O)C(C)(C)C)c2)c1.[C-]#[N+]c1cccc(-c2csc([C@](C)(Cc3cc(=O)[nH][nH]3)NS(=O)C(C)(C)C)c2)c1. The number of esters is 1. The fourth-order valence-electron chi connectivity index (χ4n) is 5.80. The molecule has 0 saturated heterocycles. The predicted octanol–water partition coefficient (Wildman–Crippen LogP) is 9.64. The van der Waals surface area contributed by atoms with E-state index >= 15 is 0 Å². The lowest BCUT2D eigenvalue weighted by Gasteiger charge is -2.32. The number of H-pyrrole nitrogens is 2. The van der Waals surface area contributed by atoms with E-state index in [0.717, 1.165) is 37.7 Å². The van der Waals surface area contributed by atoms with Crippen molar-refractivity contribution in [2.24, 2.45) is 0 Å². The topological polar surface area (TPSA) is 159 Å². The molecular formula is C44H52N6O6S4. The van der Waals surface area contributed by atoms with Crippen LogP contribution in [0.25, 0.3) is 31.9 Å². The summed E-state index contributed by atoms with van der Waals surface area (Å²) in [5.41, 5.74) is 3.89. The van der Waals surface area contributed by atoms with E-state index in [1.165, 1.54) is 17.4 Å². The molecule has 12 nitrogen and oxygen atoms in total. The van der Waals surface area contributed by atoms with Gasteiger partial charge < -0.3 is 9.84 Å². The molecule has 0 bridgehead atoms. The molecule has 4 atom stereocenters. The van der Waals surface area contributed by atoms with Crippen LogP contribution in [0.2, 0.25) is 0 Å². The van der Waals surface area contributed by atoms with Crippen molar-refractivity contribution < 1.29 is 22.7 Å². The van der Waals surface area contributed by atoms with Crippen molar-refractivity contribution in [3.8, 4) is 22.3 Å². The Bertz CT molecular complexity index is 2490. The number of thiophene rings is 2. The van der Waals surface area contributed by atoms with Crippen LogP contribution in [0.1, 0.15) is 90.6 Å². The summed E-state index contributed by atoms with van der Waals surface area (Å²) in [7, 11) is -2.73. The zero-order valence-electron chi connectivity index (χ0n) is 35.3. The van der Waals surface area contributed by atoms with E-state index in [1.54, 1.807) is 30.4 Å². The number of nitrogens with zero attached hydrogens (tertiary/aromatic N) is 2. The Labute approximate surface area is 365 Å². The molecular weight excluding hydrogens is 837 g/mol. The number of aromatic amines is 2. The number of benzene rings is 2. The number of carbonyl (C=O) groups excluding carboxylic acids is 2. The number of rotatable bonds is 15. The summed E-state index contributed by atoms with van der Waals surface area (Å²) in [4.78, 5) is 44.8. The van der Waals surface area contributed by atoms with E-state index in [-0.39, 0.29) is 30.8 Å². The zero-order valence-corrected chi connectivity index (χ0v) is 38.6. The molecule has 0 saturated carbocycles. The molecule has 318 valence electrons. The highest BCUT2D eigenvalue weighted by Crippen LogP contribution is 2.38. The highest BCUT2D eigenvalue weighted by atomic mass is 32.2. The lowest BCUT2D eigenvalue weighted by molar-refractivity contribution is -0.145. The highest BCUT2D eigenvalue weighted by Gasteiger charge is 2.37. The maximum absolute atomic E-state index is 12.9. The number of hydrogen-bond donors (Lipinski definition) is 4. The molecule has 0 aliphatic carbocycles. The molecule has 16 heteroatoms. The lowest BCUT2D eigenvalue weighted by atomic mass is 9.92. The smallest absolute Gasteiger partial charge is 0.313 e. The molecule has 0 radical (unpaired) electrons. The fraction of sp³-hybridized carbons (Fsp3) is 0.386. The van der Waals surface area contributed by atoms with Crippen LogP contribution >= 0.6 is 22.7 Å². The van der Waals surface area contributed by atoms with Gasteiger partial charge in [-0.05, 0) is 120 Å². The van der Waals surface area contributed by atoms with Gasteiger partial charge in [-0.1, -0.05) is 36.4 Å². The Morgan fingerprint density at radius 2 is 1.20 bits per heavy atom. The second-order valence-electron chi connectivity index (χ2n) is 16.5. The van der Waals surface area contributed by atoms with Gasteiger partial charge in [-0.2, -0.15) is 0 Å². The molecule has 2 aromatic carbocycles. The van der Waals surface area contributed by atoms with Gasteiger partial charge in [0.1, 0.15) is 12.2 Å². The van der Waals surface area contributed by atoms with Crippen LogP contribution in [-0.4, -0.2) is 46.5 Å². The summed E-state index contributed by atoms with van der Waals surface area (Å²) in [5.74, 6) is -0.848. The standard InChI is InChI=1S/C23H28N2O4S2.C21H24N4O2S2/c1-7-29-21(27)13-19(26)14-23(5,25-31(28)22(2,3)4)20-12-17(15-30-20)16-9-8-10-18(11-16)24-6;1-20(2,3)29(27)25-21(4,12-17-11-19(26)24-23-17)18-10-15(13-28-18)14-7-6-8-16(9-14)22-5/h8-12,15,25H,7,13-14H2,1-5H3;6-11,13,25H,12H2,1-4H3,(H2,23,24,26)/t23-,31?;21-,29?/m00/s1. The summed E-state index contributed by atoms with van der Waals surface area (Å²) < 4.78 is 36.1. The molecule has 3 aromatic heterocycles. The maximum atomic E-state index is 12.9. The minimum Gasteiger partial charge on any atom is -0.466 e. The predicted molar refractivity (Wildman–Crippen MR) is 245 cm³/mol. The van der Waals surface area contributed by atoms with E-state index < -0.39 is 48.5 Å². The minimum absolute atomic E-state index is 0.00429. The molecule has 0 amide bonds. The van der Waals surface area contributed by atoms with Gasteiger partial charge in [0.05, 0.1) is 62.3 Å². The maximum Gasteiger partial charge on any atom is 0.313 e. The first-order chi connectivity index (χ1) is 28.1. The van der Waals surface area contributed by atoms with Crippen molar-refractivity contribution in [2.75, 3.05) is 6.61 Å². The van der Waals surface area contributed by atoms with Gasteiger partial charge in [-0.3, -0.25) is 19.5 Å². The van der Waals surface area contributed by atoms with Crippen molar-refractivity contribution in [3.63, 3.8) is 0 Å². The Morgan fingerprint density at radius 3 is 1.63 bits per heavy atom. The van der Waals surface area contributed by atoms with Crippen LogP contribution in [0.3, 0.4) is 0 Å². The first kappa shape index (κ1) is 47.9. The van der Waals surface area contributed by atoms with Gasteiger partial charge in [-0.15, -0.1) is 22.7 Å². The van der Waals surface area contributed by atoms with Gasteiger partial charge in [0.15, 0.2) is 11.4 Å². The van der Waals surface area contributed by atoms with E-state index in [4.69, 9.17) is 17.9 Å². The summed E-state index contributed by atoms with van der Waals surface area (Å²) in [6.07, 6.45) is 0.143. The Morgan fingerprint density at radius 1 is 0.717 bits per heavy atom. The van der Waals surface area contributed by atoms with Gasteiger partial charge in [0.2, 0.25) is 0 Å². The third-order valence-electron chi connectivity index (χ3n) is 9.05. The molecule has 3 heterocycles. The van der Waals surface area contributed by atoms with Crippen LogP contribution in [0, 0.1) is 13.1 Å². The third kappa shape index (κ3) is 13.1. The van der Waals surface area contributed by atoms with E-state index in [9.17, 15) is 22.8 Å². The van der Waals surface area contributed by atoms with E-state index in [1.807, 2.05) is 109 Å². The van der Waals surface area contributed by atoms with Crippen molar-refractivity contribution in [1.29, 1.82) is 0 Å². The minimum atomic E-state index is -1.43. The summed E-state index contributed by atoms with van der Waals surface area (Å²) in [6.45, 7) is 31.5. The second-order valence-corrected chi connectivity index (χ2v) is 22.3. The molecule has 4 N–H and O–H groups in total. The van der Waals surface area contributed by atoms with Gasteiger partial charge >= 0.3 is 5.97 Å². The fourth-order valence-corrected chi connectivity index (χ4v) is 9.80. The van der Waals surface area contributed by atoms with Crippen LogP contribution in [-0.2, 0) is 53.8 Å². The van der Waals surface area contributed by atoms with Gasteiger partial charge in [0.25, 0.3) is 5.56 Å². The Kier molecular flexibility index (Phi) is 16.1. The second kappa shape index (κ2) is 20.2. The normalized spacial score (nSPS) is 14.6. The Hall–Kier alpha value is -4.81. The first-order valence-corrected chi connectivity index (χ1v) is 23.1. The first-order valence-electron chi connectivity index (χ1n) is 19.1. The van der Waals surface area contributed by atoms with Crippen LogP contribution in [0.15, 0.2) is 82.3 Å². The molecule has 5 aromatic rings. The number of ketones is 1. The van der Waals surface area contributed by atoms with Crippen molar-refractivity contribution in [1.82, 2.24) is 19.6 Å². The average molecular weight is 889 g/mol. The summed E-state index contributed by atoms with van der Waals surface area (Å²) in [5, 5.41) is 9.44. The van der Waals surface area contributed by atoms with Crippen molar-refractivity contribution >= 4 is 67.8 Å². The van der Waals surface area contributed by atoms with Crippen LogP contribution < -0.4 is 15.0 Å². The Balaban J connectivity index is 0.000000265. The zero-order chi connectivity index (χ0) is 44.5. The third-order valence-corrected chi connectivity index (χ3v) is 14.9. The largest absolute Gasteiger partial charge is 0.466 e. The molecule has 0 fully saturated rings. The summed E-state index contributed by atoms with van der Waals surface area (Å²) >= 11 is 3.01. The molecule has 2 unspecified atom stereocenters. The summed E-state index contributed by atoms with van der Waals surface area (Å²) in [6, 6.07) is 20.3. The van der Waals surface area contributed by atoms with Crippen LogP contribution in [0.4, 0.5) is 11.4 Å². The van der Waals surface area contributed by atoms with Crippen LogP contribution in [0.5, 0.6) is 0 Å². The molecule has 60 heavy (non-hydrogen) atoms. The average Bonchev–Trinajstić information content (AvgIpc) is 3.97. The van der Waals surface area contributed by atoms with Gasteiger partial charge in [0, 0.05) is 34.4 Å². The number of aromatic nitrogens is 2. The molecule has 0 aliphatic heterocycles. The number of Topliss-reactive ketones (excluding diaryl/α,β-unsaturated/α-hetero) is 1. The van der Waals surface area contributed by atoms with Crippen molar-refractivity contribution in [2.45, 2.75) is 102 Å². The number of nitrogens with one attached hydrogen (secondary N) is 4. The highest BCUT2D eigenvalue weighted by molar-refractivity contribution is 7.84. The number of hydrogen-bond acceptors (Lipinski definition) is 8.